The molecule has 0 aliphatic rings. The largest absolute Gasteiger partial charge is 0.496 e. The minimum atomic E-state index is 0.531. The molecule has 0 aliphatic carbocycles. The second-order valence-electron chi connectivity index (χ2n) is 3.87. The highest BCUT2D eigenvalue weighted by atomic mass is 16.5. The second kappa shape index (κ2) is 6.05. The number of benzene rings is 1. The maximum Gasteiger partial charge on any atom is 0.179 e. The van der Waals surface area contributed by atoms with Crippen molar-refractivity contribution in [2.45, 2.75) is 6.42 Å². The highest BCUT2D eigenvalue weighted by molar-refractivity contribution is 5.59. The van der Waals surface area contributed by atoms with Gasteiger partial charge in [0.2, 0.25) is 0 Å². The molecule has 2 aromatic rings. The molecule has 0 spiro atoms. The van der Waals surface area contributed by atoms with Crippen LogP contribution in [0.3, 0.4) is 0 Å². The summed E-state index contributed by atoms with van der Waals surface area (Å²) in [5.41, 5.74) is 0.568. The van der Waals surface area contributed by atoms with Gasteiger partial charge in [-0.05, 0) is 5.21 Å². The van der Waals surface area contributed by atoms with Gasteiger partial charge in [-0.25, -0.2) is 0 Å². The molecule has 7 nitrogen and oxygen atoms in total. The van der Waals surface area contributed by atoms with E-state index < -0.39 is 0 Å². The number of allylic oxidation sites excluding steroid dienone is 1. The number of ether oxygens (including phenoxy) is 3. The summed E-state index contributed by atoms with van der Waals surface area (Å²) in [5.74, 6) is 2.25. The smallest absolute Gasteiger partial charge is 0.179 e. The quantitative estimate of drug-likeness (QED) is 0.743. The first-order chi connectivity index (χ1) is 9.73. The first kappa shape index (κ1) is 13.9. The Balaban J connectivity index is 2.54. The van der Waals surface area contributed by atoms with Gasteiger partial charge >= 0.3 is 0 Å². The molecule has 7 heteroatoms. The lowest BCUT2D eigenvalue weighted by Gasteiger charge is -2.13. The molecule has 0 fully saturated rings. The summed E-state index contributed by atoms with van der Waals surface area (Å²) in [6.07, 6.45) is 2.25. The van der Waals surface area contributed by atoms with Crippen molar-refractivity contribution in [2.75, 3.05) is 21.3 Å². The Labute approximate surface area is 116 Å². The van der Waals surface area contributed by atoms with Crippen LogP contribution >= 0.6 is 0 Å². The lowest BCUT2D eigenvalue weighted by molar-refractivity contribution is 0.369. The van der Waals surface area contributed by atoms with Gasteiger partial charge in [0.1, 0.15) is 5.75 Å². The number of tetrazole rings is 1. The van der Waals surface area contributed by atoms with E-state index in [9.17, 15) is 0 Å². The number of rotatable bonds is 6. The molecule has 20 heavy (non-hydrogen) atoms. The summed E-state index contributed by atoms with van der Waals surface area (Å²) < 4.78 is 15.9. The van der Waals surface area contributed by atoms with Crippen molar-refractivity contribution in [3.05, 3.63) is 30.6 Å². The zero-order chi connectivity index (χ0) is 14.5. The third-order valence-electron chi connectivity index (χ3n) is 2.67. The molecule has 0 radical (unpaired) electrons. The van der Waals surface area contributed by atoms with Crippen LogP contribution in [0, 0.1) is 0 Å². The maximum atomic E-state index is 5.35. The standard InChI is InChI=1S/C13H16N4O3/c1-5-6-12-14-16-17(15-12)13-10(19-3)7-9(18-2)8-11(13)20-4/h5,7-8H,1,6H2,2-4H3. The van der Waals surface area contributed by atoms with Crippen molar-refractivity contribution in [1.82, 2.24) is 20.2 Å². The number of nitrogens with zero attached hydrogens (tertiary/aromatic N) is 4. The highest BCUT2D eigenvalue weighted by Gasteiger charge is 2.17. The summed E-state index contributed by atoms with van der Waals surface area (Å²) in [6, 6.07) is 3.46. The van der Waals surface area contributed by atoms with Gasteiger partial charge in [0.15, 0.2) is 23.0 Å². The average molecular weight is 276 g/mol. The maximum absolute atomic E-state index is 5.35. The van der Waals surface area contributed by atoms with Crippen molar-refractivity contribution in [2.24, 2.45) is 0 Å². The summed E-state index contributed by atoms with van der Waals surface area (Å²) in [5, 5.41) is 12.2. The van der Waals surface area contributed by atoms with Crippen LogP contribution in [-0.4, -0.2) is 41.5 Å². The molecule has 0 unspecified atom stereocenters. The van der Waals surface area contributed by atoms with Crippen molar-refractivity contribution in [1.29, 1.82) is 0 Å². The van der Waals surface area contributed by atoms with Crippen LogP contribution < -0.4 is 14.2 Å². The third-order valence-corrected chi connectivity index (χ3v) is 2.67. The Hall–Kier alpha value is -2.57. The molecule has 0 aliphatic heterocycles. The fourth-order valence-corrected chi connectivity index (χ4v) is 1.73. The average Bonchev–Trinajstić information content (AvgIpc) is 2.94. The first-order valence-corrected chi connectivity index (χ1v) is 5.93. The van der Waals surface area contributed by atoms with Crippen LogP contribution in [0.4, 0.5) is 0 Å². The summed E-state index contributed by atoms with van der Waals surface area (Å²) >= 11 is 0. The molecular formula is C13H16N4O3. The summed E-state index contributed by atoms with van der Waals surface area (Å²) in [7, 11) is 4.68. The molecule has 0 saturated carbocycles. The van der Waals surface area contributed by atoms with Crippen LogP contribution in [0.15, 0.2) is 24.8 Å². The number of methoxy groups -OCH3 is 3. The number of hydrogen-bond acceptors (Lipinski definition) is 6. The Morgan fingerprint density at radius 3 is 2.30 bits per heavy atom. The van der Waals surface area contributed by atoms with Gasteiger partial charge in [0.05, 0.1) is 21.3 Å². The zero-order valence-corrected chi connectivity index (χ0v) is 11.7. The van der Waals surface area contributed by atoms with Crippen molar-refractivity contribution in [3.8, 4) is 22.9 Å². The molecule has 0 N–H and O–H groups in total. The molecule has 106 valence electrons. The predicted octanol–water partition coefficient (Wildman–Crippen LogP) is 1.42. The van der Waals surface area contributed by atoms with E-state index in [1.807, 2.05) is 0 Å². The van der Waals surface area contributed by atoms with E-state index in [0.717, 1.165) is 0 Å². The molecule has 0 amide bonds. The van der Waals surface area contributed by atoms with E-state index in [2.05, 4.69) is 22.0 Å². The lowest BCUT2D eigenvalue weighted by atomic mass is 10.2. The van der Waals surface area contributed by atoms with E-state index in [-0.39, 0.29) is 0 Å². The Bertz CT molecular complexity index is 584. The van der Waals surface area contributed by atoms with Crippen LogP contribution in [0.25, 0.3) is 5.69 Å². The lowest BCUT2D eigenvalue weighted by Crippen LogP contribution is -2.05. The number of hydrogen-bond donors (Lipinski definition) is 0. The topological polar surface area (TPSA) is 71.3 Å². The van der Waals surface area contributed by atoms with E-state index in [1.54, 1.807) is 39.5 Å². The van der Waals surface area contributed by atoms with Crippen LogP contribution in [0.5, 0.6) is 17.2 Å². The van der Waals surface area contributed by atoms with E-state index in [1.165, 1.54) is 4.80 Å². The van der Waals surface area contributed by atoms with Gasteiger partial charge in [-0.3, -0.25) is 0 Å². The van der Waals surface area contributed by atoms with E-state index in [0.29, 0.717) is 35.2 Å². The van der Waals surface area contributed by atoms with Crippen molar-refractivity contribution < 1.29 is 14.2 Å². The molecule has 0 bridgehead atoms. The monoisotopic (exact) mass is 276 g/mol. The van der Waals surface area contributed by atoms with Gasteiger partial charge in [-0.1, -0.05) is 6.08 Å². The van der Waals surface area contributed by atoms with Crippen molar-refractivity contribution in [3.63, 3.8) is 0 Å². The third kappa shape index (κ3) is 2.56. The summed E-state index contributed by atoms with van der Waals surface area (Å²) in [4.78, 5) is 1.37. The van der Waals surface area contributed by atoms with Crippen LogP contribution in [0.2, 0.25) is 0 Å². The Kier molecular flexibility index (Phi) is 4.19. The molecule has 0 atom stereocenters. The molecule has 2 rings (SSSR count). The van der Waals surface area contributed by atoms with E-state index in [4.69, 9.17) is 14.2 Å². The molecule has 0 saturated heterocycles. The van der Waals surface area contributed by atoms with Gasteiger partial charge in [-0.2, -0.15) is 0 Å². The second-order valence-corrected chi connectivity index (χ2v) is 3.87. The highest BCUT2D eigenvalue weighted by Crippen LogP contribution is 2.36. The summed E-state index contributed by atoms with van der Waals surface area (Å²) in [6.45, 7) is 3.65. The Morgan fingerprint density at radius 2 is 1.80 bits per heavy atom. The molecule has 1 heterocycles. The SMILES string of the molecule is C=CCc1nnn(-c2c(OC)cc(OC)cc2OC)n1. The molecule has 1 aromatic carbocycles. The zero-order valence-electron chi connectivity index (χ0n) is 11.7. The van der Waals surface area contributed by atoms with Crippen LogP contribution in [-0.2, 0) is 6.42 Å². The van der Waals surface area contributed by atoms with Crippen LogP contribution in [0.1, 0.15) is 5.82 Å². The molecular weight excluding hydrogens is 260 g/mol. The van der Waals surface area contributed by atoms with Crippen molar-refractivity contribution >= 4 is 0 Å². The van der Waals surface area contributed by atoms with Gasteiger partial charge in [0, 0.05) is 18.6 Å². The van der Waals surface area contributed by atoms with Gasteiger partial charge < -0.3 is 14.2 Å². The fraction of sp³-hybridized carbons (Fsp3) is 0.308. The normalized spacial score (nSPS) is 10.2. The molecule has 1 aromatic heterocycles. The predicted molar refractivity (Wildman–Crippen MR) is 72.7 cm³/mol. The first-order valence-electron chi connectivity index (χ1n) is 5.93. The van der Waals surface area contributed by atoms with Gasteiger partial charge in [-0.15, -0.1) is 21.6 Å². The van der Waals surface area contributed by atoms with Gasteiger partial charge in [0.25, 0.3) is 0 Å². The van der Waals surface area contributed by atoms with E-state index >= 15 is 0 Å². The minimum Gasteiger partial charge on any atom is -0.496 e. The fourth-order valence-electron chi connectivity index (χ4n) is 1.73. The Morgan fingerprint density at radius 1 is 1.15 bits per heavy atom. The minimum absolute atomic E-state index is 0.531. The number of aromatic nitrogens is 4.